The second-order valence-corrected chi connectivity index (χ2v) is 14.3. The highest BCUT2D eigenvalue weighted by Gasteiger charge is 2.31. The Morgan fingerprint density at radius 3 is 1.48 bits per heavy atom. The number of rotatable bonds is 5. The first-order valence-electron chi connectivity index (χ1n) is 18.6. The fourth-order valence-corrected chi connectivity index (χ4v) is 8.93. The monoisotopic (exact) mass is 686 g/mol. The molecule has 9 aromatic carbocycles. The minimum Gasteiger partial charge on any atom is -0.327 e. The number of hydrogen-bond donors (Lipinski definition) is 0. The average Bonchev–Trinajstić information content (AvgIpc) is 3.75. The summed E-state index contributed by atoms with van der Waals surface area (Å²) in [6.45, 7) is 0. The van der Waals surface area contributed by atoms with Gasteiger partial charge in [0.2, 0.25) is 0 Å². The van der Waals surface area contributed by atoms with Crippen LogP contribution < -0.4 is 0 Å². The highest BCUT2D eigenvalue weighted by Crippen LogP contribution is 2.58. The van der Waals surface area contributed by atoms with Crippen LogP contribution in [0.5, 0.6) is 0 Å². The van der Waals surface area contributed by atoms with Crippen molar-refractivity contribution in [1.29, 1.82) is 0 Å². The van der Waals surface area contributed by atoms with Crippen LogP contribution in [0.1, 0.15) is 0 Å². The van der Waals surface area contributed by atoms with Crippen LogP contribution in [0.25, 0.3) is 111 Å². The molecule has 1 aromatic heterocycles. The molecule has 0 fully saturated rings. The Morgan fingerprint density at radius 2 is 0.852 bits per heavy atom. The predicted molar refractivity (Wildman–Crippen MR) is 227 cm³/mol. The predicted octanol–water partition coefficient (Wildman–Crippen LogP) is 13.9. The fraction of sp³-hybridized carbons (Fsp3) is 0.0192. The molecule has 252 valence electrons. The van der Waals surface area contributed by atoms with E-state index in [1.165, 1.54) is 82.7 Å². The molecule has 0 saturated carbocycles. The van der Waals surface area contributed by atoms with Gasteiger partial charge in [0.05, 0.1) is 11.0 Å². The Labute approximate surface area is 314 Å². The van der Waals surface area contributed by atoms with Crippen molar-refractivity contribution < 1.29 is 0 Å². The van der Waals surface area contributed by atoms with Gasteiger partial charge >= 0.3 is 0 Å². The first kappa shape index (κ1) is 30.6. The van der Waals surface area contributed by atoms with E-state index in [1.807, 2.05) is 6.07 Å². The zero-order valence-corrected chi connectivity index (χ0v) is 29.8. The van der Waals surface area contributed by atoms with Gasteiger partial charge in [0, 0.05) is 12.6 Å². The number of aromatic nitrogens is 2. The summed E-state index contributed by atoms with van der Waals surface area (Å²) >= 11 is 0. The minimum absolute atomic E-state index is 0.979. The minimum atomic E-state index is 0.979. The lowest BCUT2D eigenvalue weighted by Gasteiger charge is -2.20. The molecule has 0 bridgehead atoms. The quantitative estimate of drug-likeness (QED) is 0.176. The van der Waals surface area contributed by atoms with Gasteiger partial charge in [-0.3, -0.25) is 0 Å². The molecule has 0 radical (unpaired) electrons. The molecule has 0 amide bonds. The number of fused-ring (bicyclic) bond motifs is 5. The Kier molecular flexibility index (Phi) is 6.80. The van der Waals surface area contributed by atoms with E-state index in [-0.39, 0.29) is 0 Å². The summed E-state index contributed by atoms with van der Waals surface area (Å²) in [7, 11) is 2.09. The molecule has 1 aliphatic carbocycles. The van der Waals surface area contributed by atoms with Gasteiger partial charge in [-0.05, 0) is 100 Å². The van der Waals surface area contributed by atoms with Crippen molar-refractivity contribution in [3.05, 3.63) is 188 Å². The van der Waals surface area contributed by atoms with Crippen molar-refractivity contribution in [2.45, 2.75) is 0 Å². The Hall–Kier alpha value is -7.03. The topological polar surface area (TPSA) is 17.8 Å². The normalized spacial score (nSPS) is 11.8. The number of benzene rings is 9. The number of nitrogens with zero attached hydrogens (tertiary/aromatic N) is 2. The van der Waals surface area contributed by atoms with E-state index in [9.17, 15) is 0 Å². The van der Waals surface area contributed by atoms with Gasteiger partial charge in [-0.15, -0.1) is 0 Å². The van der Waals surface area contributed by atoms with Gasteiger partial charge in [-0.1, -0.05) is 176 Å². The van der Waals surface area contributed by atoms with E-state index in [2.05, 4.69) is 194 Å². The molecule has 11 rings (SSSR count). The van der Waals surface area contributed by atoms with Crippen LogP contribution in [0.4, 0.5) is 0 Å². The smallest absolute Gasteiger partial charge is 0.140 e. The molecule has 2 nitrogen and oxygen atoms in total. The van der Waals surface area contributed by atoms with Crippen LogP contribution in [0, 0.1) is 0 Å². The molecule has 0 N–H and O–H groups in total. The second kappa shape index (κ2) is 12.0. The van der Waals surface area contributed by atoms with Crippen molar-refractivity contribution in [3.8, 4) is 78.1 Å². The molecule has 0 unspecified atom stereocenters. The van der Waals surface area contributed by atoms with E-state index in [0.717, 1.165) is 28.0 Å². The molecule has 2 heteroatoms. The summed E-state index contributed by atoms with van der Waals surface area (Å²) in [6, 6.07) is 68.5. The molecule has 0 saturated heterocycles. The summed E-state index contributed by atoms with van der Waals surface area (Å²) in [6.07, 6.45) is 0. The van der Waals surface area contributed by atoms with E-state index in [4.69, 9.17) is 4.98 Å². The molecule has 54 heavy (non-hydrogen) atoms. The third kappa shape index (κ3) is 4.57. The number of hydrogen-bond acceptors (Lipinski definition) is 1. The van der Waals surface area contributed by atoms with Crippen molar-refractivity contribution >= 4 is 32.6 Å². The van der Waals surface area contributed by atoms with E-state index in [1.54, 1.807) is 0 Å². The Morgan fingerprint density at radius 1 is 0.352 bits per heavy atom. The molecule has 0 atom stereocenters. The maximum absolute atomic E-state index is 5.04. The molecular formula is C52H34N2. The van der Waals surface area contributed by atoms with Crippen LogP contribution in [0.3, 0.4) is 0 Å². The van der Waals surface area contributed by atoms with Crippen molar-refractivity contribution in [1.82, 2.24) is 9.55 Å². The van der Waals surface area contributed by atoms with Crippen molar-refractivity contribution in [2.24, 2.45) is 7.05 Å². The average molecular weight is 687 g/mol. The number of imidazole rings is 1. The van der Waals surface area contributed by atoms with Gasteiger partial charge in [-0.2, -0.15) is 0 Å². The summed E-state index contributed by atoms with van der Waals surface area (Å²) in [5, 5.41) is 5.16. The van der Waals surface area contributed by atoms with Crippen LogP contribution in [-0.2, 0) is 7.05 Å². The van der Waals surface area contributed by atoms with Crippen LogP contribution >= 0.6 is 0 Å². The summed E-state index contributed by atoms with van der Waals surface area (Å²) in [4.78, 5) is 5.04. The Balaban J connectivity index is 1.07. The number of aryl methyl sites for hydroxylation is 1. The van der Waals surface area contributed by atoms with E-state index < -0.39 is 0 Å². The lowest BCUT2D eigenvalue weighted by molar-refractivity contribution is 0.959. The summed E-state index contributed by atoms with van der Waals surface area (Å²) in [5.41, 5.74) is 18.4. The highest BCUT2D eigenvalue weighted by molar-refractivity contribution is 6.28. The van der Waals surface area contributed by atoms with Gasteiger partial charge in [0.1, 0.15) is 5.82 Å². The van der Waals surface area contributed by atoms with Crippen molar-refractivity contribution in [2.75, 3.05) is 0 Å². The molecule has 1 aliphatic rings. The van der Waals surface area contributed by atoms with Gasteiger partial charge in [0.25, 0.3) is 0 Å². The largest absolute Gasteiger partial charge is 0.327 e. The molecule has 10 aromatic rings. The first-order chi connectivity index (χ1) is 26.7. The van der Waals surface area contributed by atoms with Gasteiger partial charge < -0.3 is 4.57 Å². The van der Waals surface area contributed by atoms with E-state index in [0.29, 0.717) is 0 Å². The maximum Gasteiger partial charge on any atom is 0.140 e. The Bertz CT molecular complexity index is 2970. The maximum atomic E-state index is 5.04. The molecule has 1 heterocycles. The molecular weight excluding hydrogens is 653 g/mol. The lowest BCUT2D eigenvalue weighted by Crippen LogP contribution is -1.93. The third-order valence-corrected chi connectivity index (χ3v) is 11.4. The van der Waals surface area contributed by atoms with Gasteiger partial charge in [-0.25, -0.2) is 4.98 Å². The van der Waals surface area contributed by atoms with E-state index >= 15 is 0 Å². The van der Waals surface area contributed by atoms with Crippen LogP contribution in [0.2, 0.25) is 0 Å². The second-order valence-electron chi connectivity index (χ2n) is 14.3. The van der Waals surface area contributed by atoms with Crippen molar-refractivity contribution in [3.63, 3.8) is 0 Å². The highest BCUT2D eigenvalue weighted by atomic mass is 15.1. The fourth-order valence-electron chi connectivity index (χ4n) is 8.93. The van der Waals surface area contributed by atoms with Crippen LogP contribution in [0.15, 0.2) is 188 Å². The van der Waals surface area contributed by atoms with Gasteiger partial charge in [0.15, 0.2) is 0 Å². The zero-order valence-electron chi connectivity index (χ0n) is 29.8. The zero-order chi connectivity index (χ0) is 35.8. The first-order valence-corrected chi connectivity index (χ1v) is 18.6. The SMILES string of the molecule is Cn1c(-c2ccccc2)nc2cc(-c3ccc(-c4ccc5c6c(cccc46)-c4c-5c(-c5ccccc5)c5ccccc5c4-c4ccccc4)cc3)ccc21. The third-order valence-electron chi connectivity index (χ3n) is 11.4. The van der Waals surface area contributed by atoms with Crippen LogP contribution in [-0.4, -0.2) is 9.55 Å². The summed E-state index contributed by atoms with van der Waals surface area (Å²) < 4.78 is 2.18. The lowest BCUT2D eigenvalue weighted by atomic mass is 9.82. The molecule has 0 spiro atoms. The molecule has 0 aliphatic heterocycles. The summed E-state index contributed by atoms with van der Waals surface area (Å²) in [5.74, 6) is 0.979. The standard InChI is InChI=1S/C52H34N2/c1-54-46-31-28-38(32-45(46)53-52(54)37-18-9-4-10-19-37)33-24-26-34(27-25-33)39-29-30-44-49-40(39)22-13-23-43(49)50-47(35-14-5-2-6-15-35)41-20-11-12-21-42(41)48(51(44)50)36-16-7-3-8-17-36/h2-32H,1H3.